The van der Waals surface area contributed by atoms with Crippen LogP contribution in [0, 0.1) is 10.1 Å². The first kappa shape index (κ1) is 12.8. The van der Waals surface area contributed by atoms with Crippen molar-refractivity contribution in [2.24, 2.45) is 0 Å². The van der Waals surface area contributed by atoms with Gasteiger partial charge in [-0.1, -0.05) is 25.0 Å². The predicted molar refractivity (Wildman–Crippen MR) is 69.8 cm³/mol. The van der Waals surface area contributed by atoms with E-state index in [1.54, 1.807) is 18.2 Å². The van der Waals surface area contributed by atoms with Gasteiger partial charge in [0.1, 0.15) is 5.69 Å². The van der Waals surface area contributed by atoms with Crippen LogP contribution in [0.15, 0.2) is 24.3 Å². The number of nitro benzene ring substituents is 1. The Morgan fingerprint density at radius 2 is 2.06 bits per heavy atom. The van der Waals surface area contributed by atoms with E-state index in [0.717, 1.165) is 12.8 Å². The van der Waals surface area contributed by atoms with Crippen LogP contribution in [0.2, 0.25) is 0 Å². The van der Waals surface area contributed by atoms with Crippen molar-refractivity contribution >= 4 is 11.4 Å². The summed E-state index contributed by atoms with van der Waals surface area (Å²) in [5.41, 5.74) is 0.663. The lowest BCUT2D eigenvalue weighted by Gasteiger charge is -2.12. The standard InChI is InChI=1S/C13H18N2O3/c16-15(17)13-8-4-3-7-12(13)14-9-10-18-11-5-1-2-6-11/h3-4,7-8,11,14H,1-2,5-6,9-10H2. The van der Waals surface area contributed by atoms with Crippen molar-refractivity contribution in [2.75, 3.05) is 18.5 Å². The van der Waals surface area contributed by atoms with E-state index in [9.17, 15) is 10.1 Å². The number of rotatable bonds is 6. The van der Waals surface area contributed by atoms with Gasteiger partial charge in [0, 0.05) is 12.6 Å². The van der Waals surface area contributed by atoms with Crippen molar-refractivity contribution in [1.82, 2.24) is 0 Å². The van der Waals surface area contributed by atoms with Gasteiger partial charge >= 0.3 is 0 Å². The summed E-state index contributed by atoms with van der Waals surface area (Å²) in [6, 6.07) is 6.67. The molecule has 18 heavy (non-hydrogen) atoms. The molecule has 0 bridgehead atoms. The zero-order chi connectivity index (χ0) is 12.8. The highest BCUT2D eigenvalue weighted by Gasteiger charge is 2.15. The molecule has 0 spiro atoms. The zero-order valence-electron chi connectivity index (χ0n) is 10.3. The molecule has 1 saturated carbocycles. The second-order valence-corrected chi connectivity index (χ2v) is 4.48. The summed E-state index contributed by atoms with van der Waals surface area (Å²) < 4.78 is 5.69. The highest BCUT2D eigenvalue weighted by molar-refractivity contribution is 5.60. The number of hydrogen-bond acceptors (Lipinski definition) is 4. The molecular weight excluding hydrogens is 232 g/mol. The van der Waals surface area contributed by atoms with E-state index < -0.39 is 0 Å². The van der Waals surface area contributed by atoms with Crippen LogP contribution in [-0.4, -0.2) is 24.2 Å². The van der Waals surface area contributed by atoms with Crippen LogP contribution < -0.4 is 5.32 Å². The van der Waals surface area contributed by atoms with E-state index in [2.05, 4.69) is 5.32 Å². The number of nitrogens with zero attached hydrogens (tertiary/aromatic N) is 1. The lowest BCUT2D eigenvalue weighted by atomic mass is 10.2. The molecule has 0 aliphatic heterocycles. The average Bonchev–Trinajstić information content (AvgIpc) is 2.88. The van der Waals surface area contributed by atoms with Crippen molar-refractivity contribution in [2.45, 2.75) is 31.8 Å². The number of nitrogens with one attached hydrogen (secondary N) is 1. The van der Waals surface area contributed by atoms with Gasteiger partial charge in [0.2, 0.25) is 0 Å². The van der Waals surface area contributed by atoms with E-state index >= 15 is 0 Å². The third-order valence-corrected chi connectivity index (χ3v) is 3.17. The number of benzene rings is 1. The zero-order valence-corrected chi connectivity index (χ0v) is 10.3. The number of nitro groups is 1. The highest BCUT2D eigenvalue weighted by atomic mass is 16.6. The van der Waals surface area contributed by atoms with Crippen molar-refractivity contribution in [3.8, 4) is 0 Å². The lowest BCUT2D eigenvalue weighted by molar-refractivity contribution is -0.384. The van der Waals surface area contributed by atoms with Crippen LogP contribution in [0.4, 0.5) is 11.4 Å². The fraction of sp³-hybridized carbons (Fsp3) is 0.538. The van der Waals surface area contributed by atoms with E-state index in [1.165, 1.54) is 18.9 Å². The summed E-state index contributed by atoms with van der Waals surface area (Å²) in [7, 11) is 0. The summed E-state index contributed by atoms with van der Waals surface area (Å²) in [4.78, 5) is 10.4. The Hall–Kier alpha value is -1.62. The average molecular weight is 250 g/mol. The van der Waals surface area contributed by atoms with Crippen LogP contribution in [0.25, 0.3) is 0 Å². The Kier molecular flexibility index (Phi) is 4.52. The van der Waals surface area contributed by atoms with E-state index in [1.807, 2.05) is 0 Å². The van der Waals surface area contributed by atoms with E-state index in [0.29, 0.717) is 24.9 Å². The van der Waals surface area contributed by atoms with Gasteiger partial charge in [-0.05, 0) is 18.9 Å². The first-order chi connectivity index (χ1) is 8.77. The smallest absolute Gasteiger partial charge is 0.292 e. The van der Waals surface area contributed by atoms with Crippen LogP contribution in [0.5, 0.6) is 0 Å². The second kappa shape index (κ2) is 6.35. The normalized spacial score (nSPS) is 15.8. The number of para-hydroxylation sites is 2. The summed E-state index contributed by atoms with van der Waals surface area (Å²) in [6.45, 7) is 1.19. The van der Waals surface area contributed by atoms with Crippen LogP contribution in [0.3, 0.4) is 0 Å². The van der Waals surface area contributed by atoms with Gasteiger partial charge in [0.25, 0.3) is 5.69 Å². The molecule has 0 radical (unpaired) electrons. The van der Waals surface area contributed by atoms with Crippen molar-refractivity contribution < 1.29 is 9.66 Å². The number of ether oxygens (including phenoxy) is 1. The van der Waals surface area contributed by atoms with E-state index in [4.69, 9.17) is 4.74 Å². The first-order valence-corrected chi connectivity index (χ1v) is 6.36. The topological polar surface area (TPSA) is 64.4 Å². The molecule has 1 aliphatic rings. The maximum Gasteiger partial charge on any atom is 0.292 e. The van der Waals surface area contributed by atoms with Gasteiger partial charge in [-0.3, -0.25) is 10.1 Å². The number of anilines is 1. The molecule has 0 unspecified atom stereocenters. The fourth-order valence-electron chi connectivity index (χ4n) is 2.25. The minimum Gasteiger partial charge on any atom is -0.377 e. The molecule has 0 amide bonds. The Balaban J connectivity index is 1.77. The van der Waals surface area contributed by atoms with Gasteiger partial charge in [-0.25, -0.2) is 0 Å². The summed E-state index contributed by atoms with van der Waals surface area (Å²) in [5, 5.41) is 13.8. The molecule has 1 aromatic carbocycles. The van der Waals surface area contributed by atoms with Crippen LogP contribution >= 0.6 is 0 Å². The summed E-state index contributed by atoms with van der Waals surface area (Å²) in [5.74, 6) is 0. The molecule has 1 aliphatic carbocycles. The maximum absolute atomic E-state index is 10.8. The highest BCUT2D eigenvalue weighted by Crippen LogP contribution is 2.23. The Bertz CT molecular complexity index is 403. The van der Waals surface area contributed by atoms with Gasteiger partial charge in [-0.15, -0.1) is 0 Å². The molecule has 2 rings (SSSR count). The summed E-state index contributed by atoms with van der Waals surface area (Å²) in [6.07, 6.45) is 5.18. The van der Waals surface area contributed by atoms with Crippen molar-refractivity contribution in [3.05, 3.63) is 34.4 Å². The molecule has 5 heteroatoms. The van der Waals surface area contributed by atoms with Crippen LogP contribution in [-0.2, 0) is 4.74 Å². The predicted octanol–water partition coefficient (Wildman–Crippen LogP) is 2.97. The van der Waals surface area contributed by atoms with Gasteiger partial charge in [-0.2, -0.15) is 0 Å². The second-order valence-electron chi connectivity index (χ2n) is 4.48. The first-order valence-electron chi connectivity index (χ1n) is 6.36. The molecule has 0 heterocycles. The molecule has 98 valence electrons. The molecular formula is C13H18N2O3. The molecule has 0 atom stereocenters. The van der Waals surface area contributed by atoms with Gasteiger partial charge in [0.05, 0.1) is 17.6 Å². The molecule has 1 aromatic rings. The monoisotopic (exact) mass is 250 g/mol. The van der Waals surface area contributed by atoms with Gasteiger partial charge < -0.3 is 10.1 Å². The Morgan fingerprint density at radius 3 is 2.78 bits per heavy atom. The van der Waals surface area contributed by atoms with Crippen LogP contribution in [0.1, 0.15) is 25.7 Å². The molecule has 0 aromatic heterocycles. The Labute approximate surface area is 106 Å². The van der Waals surface area contributed by atoms with Crippen molar-refractivity contribution in [3.63, 3.8) is 0 Å². The van der Waals surface area contributed by atoms with E-state index in [-0.39, 0.29) is 10.6 Å². The fourth-order valence-corrected chi connectivity index (χ4v) is 2.25. The molecule has 5 nitrogen and oxygen atoms in total. The lowest BCUT2D eigenvalue weighted by Crippen LogP contribution is -2.15. The third kappa shape index (κ3) is 3.43. The molecule has 0 saturated heterocycles. The molecule has 1 fully saturated rings. The van der Waals surface area contributed by atoms with Crippen molar-refractivity contribution in [1.29, 1.82) is 0 Å². The minimum atomic E-state index is -0.375. The maximum atomic E-state index is 10.8. The Morgan fingerprint density at radius 1 is 1.33 bits per heavy atom. The quantitative estimate of drug-likeness (QED) is 0.479. The number of hydrogen-bond donors (Lipinski definition) is 1. The SMILES string of the molecule is O=[N+]([O-])c1ccccc1NCCOC1CCCC1. The largest absolute Gasteiger partial charge is 0.377 e. The molecule has 1 N–H and O–H groups in total. The third-order valence-electron chi connectivity index (χ3n) is 3.17. The van der Waals surface area contributed by atoms with Gasteiger partial charge in [0.15, 0.2) is 0 Å². The summed E-state index contributed by atoms with van der Waals surface area (Å²) >= 11 is 0. The minimum absolute atomic E-state index is 0.110.